The van der Waals surface area contributed by atoms with Crippen LogP contribution in [-0.4, -0.2) is 26.7 Å². The van der Waals surface area contributed by atoms with E-state index < -0.39 is 6.10 Å². The van der Waals surface area contributed by atoms with Crippen LogP contribution in [0.25, 0.3) is 0 Å². The molecule has 0 fully saturated rings. The zero-order chi connectivity index (χ0) is 19.5. The van der Waals surface area contributed by atoms with Crippen LogP contribution in [0.4, 0.5) is 4.39 Å². The third-order valence-electron chi connectivity index (χ3n) is 4.96. The lowest BCUT2D eigenvalue weighted by molar-refractivity contribution is -0.139. The summed E-state index contributed by atoms with van der Waals surface area (Å²) in [6.07, 6.45) is 1.90. The average molecular weight is 379 g/mol. The van der Waals surface area contributed by atoms with Gasteiger partial charge in [0.25, 0.3) is 5.91 Å². The molecule has 1 aromatic heterocycles. The first kappa shape index (κ1) is 18.2. The molecule has 0 unspecified atom stereocenters. The molecule has 0 radical (unpaired) electrons. The predicted molar refractivity (Wildman–Crippen MR) is 103 cm³/mol. The first-order valence-electron chi connectivity index (χ1n) is 9.42. The Balaban J connectivity index is 1.44. The normalized spacial score (nSPS) is 14.0. The molecule has 1 amide bonds. The number of amides is 1. The zero-order valence-corrected chi connectivity index (χ0v) is 15.7. The van der Waals surface area contributed by atoms with Crippen LogP contribution in [0.3, 0.4) is 0 Å². The van der Waals surface area contributed by atoms with Gasteiger partial charge in [-0.2, -0.15) is 5.10 Å². The minimum absolute atomic E-state index is 0.0177. The lowest BCUT2D eigenvalue weighted by atomic mass is 10.2. The van der Waals surface area contributed by atoms with Gasteiger partial charge in [-0.05, 0) is 36.2 Å². The maximum absolute atomic E-state index is 13.1. The van der Waals surface area contributed by atoms with Gasteiger partial charge in [-0.3, -0.25) is 9.48 Å². The molecule has 0 spiro atoms. The number of aromatic nitrogens is 2. The van der Waals surface area contributed by atoms with Gasteiger partial charge in [0.15, 0.2) is 6.10 Å². The summed E-state index contributed by atoms with van der Waals surface area (Å²) < 4.78 is 20.9. The zero-order valence-electron chi connectivity index (χ0n) is 15.7. The van der Waals surface area contributed by atoms with E-state index in [1.54, 1.807) is 12.1 Å². The van der Waals surface area contributed by atoms with Gasteiger partial charge in [0.05, 0.1) is 25.0 Å². The highest BCUT2D eigenvalue weighted by Gasteiger charge is 2.31. The molecule has 1 atom stereocenters. The quantitative estimate of drug-likeness (QED) is 0.655. The maximum atomic E-state index is 13.1. The van der Waals surface area contributed by atoms with Crippen LogP contribution in [0, 0.1) is 5.82 Å². The number of ether oxygens (including phenoxy) is 1. The Hall–Kier alpha value is -3.15. The van der Waals surface area contributed by atoms with Gasteiger partial charge in [-0.25, -0.2) is 4.39 Å². The van der Waals surface area contributed by atoms with Crippen LogP contribution in [0.5, 0.6) is 5.75 Å². The third kappa shape index (κ3) is 3.76. The first-order chi connectivity index (χ1) is 13.6. The monoisotopic (exact) mass is 379 g/mol. The van der Waals surface area contributed by atoms with E-state index in [9.17, 15) is 9.18 Å². The van der Waals surface area contributed by atoms with Gasteiger partial charge in [0.1, 0.15) is 11.6 Å². The molecular formula is C22H22FN3O2. The summed E-state index contributed by atoms with van der Waals surface area (Å²) in [5.74, 6) is 0.424. The third-order valence-corrected chi connectivity index (χ3v) is 4.96. The smallest absolute Gasteiger partial charge is 0.264 e. The van der Waals surface area contributed by atoms with Crippen LogP contribution < -0.4 is 4.74 Å². The van der Waals surface area contributed by atoms with Crippen molar-refractivity contribution in [1.29, 1.82) is 0 Å². The van der Waals surface area contributed by atoms with E-state index in [0.717, 1.165) is 16.8 Å². The second-order valence-corrected chi connectivity index (χ2v) is 6.92. The number of benzene rings is 2. The van der Waals surface area contributed by atoms with E-state index in [1.807, 2.05) is 53.0 Å². The number of hydrogen-bond donors (Lipinski definition) is 0. The number of fused-ring (bicyclic) bond motifs is 1. The number of hydrogen-bond acceptors (Lipinski definition) is 3. The molecule has 0 saturated heterocycles. The molecule has 0 N–H and O–H groups in total. The molecule has 1 aliphatic rings. The fourth-order valence-corrected chi connectivity index (χ4v) is 3.44. The molecule has 5 nitrogen and oxygen atoms in total. The first-order valence-corrected chi connectivity index (χ1v) is 9.42. The molecule has 0 saturated carbocycles. The lowest BCUT2D eigenvalue weighted by Gasteiger charge is -2.23. The summed E-state index contributed by atoms with van der Waals surface area (Å²) in [5.41, 5.74) is 3.04. The van der Waals surface area contributed by atoms with Gasteiger partial charge in [-0.15, -0.1) is 0 Å². The van der Waals surface area contributed by atoms with Gasteiger partial charge in [-0.1, -0.05) is 37.3 Å². The van der Waals surface area contributed by atoms with E-state index in [1.165, 1.54) is 12.1 Å². The van der Waals surface area contributed by atoms with Crippen molar-refractivity contribution in [3.05, 3.63) is 83.4 Å². The number of para-hydroxylation sites is 1. The summed E-state index contributed by atoms with van der Waals surface area (Å²) in [6, 6.07) is 15.8. The summed E-state index contributed by atoms with van der Waals surface area (Å²) in [4.78, 5) is 14.8. The van der Waals surface area contributed by atoms with Crippen LogP contribution >= 0.6 is 0 Å². The lowest BCUT2D eigenvalue weighted by Crippen LogP contribution is -2.39. The second kappa shape index (κ2) is 7.84. The highest BCUT2D eigenvalue weighted by Crippen LogP contribution is 2.25. The number of carbonyl (C=O) groups is 1. The minimum Gasteiger partial charge on any atom is -0.481 e. The molecule has 4 rings (SSSR count). The molecule has 1 aliphatic heterocycles. The number of nitrogens with zero attached hydrogens (tertiary/aromatic N) is 3. The molecule has 144 valence electrons. The largest absolute Gasteiger partial charge is 0.481 e. The fourth-order valence-electron chi connectivity index (χ4n) is 3.44. The Morgan fingerprint density at radius 2 is 1.89 bits per heavy atom. The second-order valence-electron chi connectivity index (χ2n) is 6.92. The molecule has 6 heteroatoms. The standard InChI is InChI=1S/C22H22FN3O2/c1-2-21(28-19-6-4-3-5-7-19)22(27)25-14-17-12-24-26(20(17)15-25)13-16-8-10-18(23)11-9-16/h3-12,21H,2,13-15H2,1H3/t21-/m0/s1. The fraction of sp³-hybridized carbons (Fsp3) is 0.273. The summed E-state index contributed by atoms with van der Waals surface area (Å²) in [5, 5.41) is 4.44. The van der Waals surface area contributed by atoms with Gasteiger partial charge in [0, 0.05) is 12.1 Å². The highest BCUT2D eigenvalue weighted by atomic mass is 19.1. The maximum Gasteiger partial charge on any atom is 0.264 e. The number of rotatable bonds is 6. The molecular weight excluding hydrogens is 357 g/mol. The molecule has 0 bridgehead atoms. The molecule has 0 aliphatic carbocycles. The minimum atomic E-state index is -0.509. The molecule has 28 heavy (non-hydrogen) atoms. The van der Waals surface area contributed by atoms with Crippen LogP contribution in [0.15, 0.2) is 60.8 Å². The Bertz CT molecular complexity index is 954. The van der Waals surface area contributed by atoms with Crippen LogP contribution in [0.1, 0.15) is 30.2 Å². The molecule has 3 aromatic rings. The van der Waals surface area contributed by atoms with E-state index in [2.05, 4.69) is 5.10 Å². The number of halogens is 1. The summed E-state index contributed by atoms with van der Waals surface area (Å²) in [6.45, 7) is 3.54. The topological polar surface area (TPSA) is 47.4 Å². The van der Waals surface area contributed by atoms with Crippen LogP contribution in [-0.2, 0) is 24.4 Å². The Morgan fingerprint density at radius 1 is 1.14 bits per heavy atom. The molecule has 2 heterocycles. The van der Waals surface area contributed by atoms with E-state index in [-0.39, 0.29) is 11.7 Å². The predicted octanol–water partition coefficient (Wildman–Crippen LogP) is 3.77. The van der Waals surface area contributed by atoms with Crippen molar-refractivity contribution in [2.75, 3.05) is 0 Å². The number of carbonyl (C=O) groups excluding carboxylic acids is 1. The van der Waals surface area contributed by atoms with E-state index in [4.69, 9.17) is 4.74 Å². The Kier molecular flexibility index (Phi) is 5.10. The van der Waals surface area contributed by atoms with E-state index >= 15 is 0 Å². The van der Waals surface area contributed by atoms with E-state index in [0.29, 0.717) is 31.8 Å². The van der Waals surface area contributed by atoms with Gasteiger partial charge >= 0.3 is 0 Å². The SMILES string of the molecule is CC[C@H](Oc1ccccc1)C(=O)N1Cc2cnn(Cc3ccc(F)cc3)c2C1. The van der Waals surface area contributed by atoms with Crippen molar-refractivity contribution in [1.82, 2.24) is 14.7 Å². The summed E-state index contributed by atoms with van der Waals surface area (Å²) >= 11 is 0. The van der Waals surface area contributed by atoms with Crippen molar-refractivity contribution in [3.63, 3.8) is 0 Å². The van der Waals surface area contributed by atoms with Crippen molar-refractivity contribution in [2.45, 2.75) is 39.1 Å². The Morgan fingerprint density at radius 3 is 2.61 bits per heavy atom. The van der Waals surface area contributed by atoms with Gasteiger partial charge < -0.3 is 9.64 Å². The highest BCUT2D eigenvalue weighted by molar-refractivity contribution is 5.81. The van der Waals surface area contributed by atoms with Crippen molar-refractivity contribution in [3.8, 4) is 5.75 Å². The summed E-state index contributed by atoms with van der Waals surface area (Å²) in [7, 11) is 0. The average Bonchev–Trinajstić information content (AvgIpc) is 3.30. The molecule has 2 aromatic carbocycles. The van der Waals surface area contributed by atoms with Crippen molar-refractivity contribution in [2.24, 2.45) is 0 Å². The van der Waals surface area contributed by atoms with Gasteiger partial charge in [0.2, 0.25) is 0 Å². The van der Waals surface area contributed by atoms with Crippen molar-refractivity contribution >= 4 is 5.91 Å². The van der Waals surface area contributed by atoms with Crippen LogP contribution in [0.2, 0.25) is 0 Å². The Labute approximate surface area is 163 Å². The van der Waals surface area contributed by atoms with Crippen molar-refractivity contribution < 1.29 is 13.9 Å².